The molecule has 0 radical (unpaired) electrons. The second kappa shape index (κ2) is 8.67. The van der Waals surface area contributed by atoms with Crippen LogP contribution >= 0.6 is 0 Å². The van der Waals surface area contributed by atoms with Gasteiger partial charge in [-0.3, -0.25) is 4.79 Å². The van der Waals surface area contributed by atoms with E-state index in [1.54, 1.807) is 16.8 Å². The van der Waals surface area contributed by atoms with Crippen molar-refractivity contribution < 1.29 is 17.9 Å². The molecule has 11 heteroatoms. The molecule has 0 saturated carbocycles. The molecule has 0 saturated heterocycles. The minimum absolute atomic E-state index is 0.0392. The van der Waals surface area contributed by atoms with Crippen molar-refractivity contribution in [2.45, 2.75) is 25.3 Å². The highest BCUT2D eigenvalue weighted by Crippen LogP contribution is 2.27. The molecule has 160 valence electrons. The van der Waals surface area contributed by atoms with Crippen molar-refractivity contribution in [3.05, 3.63) is 58.1 Å². The average Bonchev–Trinajstić information content (AvgIpc) is 3.06. The van der Waals surface area contributed by atoms with Crippen molar-refractivity contribution in [1.82, 2.24) is 24.3 Å². The van der Waals surface area contributed by atoms with Crippen LogP contribution in [0.5, 0.6) is 11.5 Å². The number of hydrogen-bond donors (Lipinski definition) is 1. The fourth-order valence-electron chi connectivity index (χ4n) is 2.93. The molecular weight excluding hydrogens is 410 g/mol. The highest BCUT2D eigenvalue weighted by atomic mass is 32.2. The Morgan fingerprint density at radius 2 is 1.80 bits per heavy atom. The van der Waals surface area contributed by atoms with E-state index < -0.39 is 10.0 Å². The third-order valence-corrected chi connectivity index (χ3v) is 5.84. The number of methoxy groups -OCH3 is 2. The second-order valence-corrected chi connectivity index (χ2v) is 8.24. The zero-order chi connectivity index (χ0) is 21.9. The summed E-state index contributed by atoms with van der Waals surface area (Å²) in [7, 11) is -1.07. The molecule has 0 aliphatic heterocycles. The van der Waals surface area contributed by atoms with Gasteiger partial charge in [-0.05, 0) is 38.1 Å². The number of sulfonamides is 1. The van der Waals surface area contributed by atoms with Gasteiger partial charge in [0.2, 0.25) is 10.0 Å². The maximum Gasteiger partial charge on any atom is 0.266 e. The lowest BCUT2D eigenvalue weighted by Gasteiger charge is -2.13. The van der Waals surface area contributed by atoms with Crippen molar-refractivity contribution >= 4 is 10.0 Å². The maximum absolute atomic E-state index is 12.7. The van der Waals surface area contributed by atoms with Crippen molar-refractivity contribution in [3.8, 4) is 17.3 Å². The summed E-state index contributed by atoms with van der Waals surface area (Å²) in [6.45, 7) is 3.74. The maximum atomic E-state index is 12.7. The Morgan fingerprint density at radius 3 is 2.43 bits per heavy atom. The number of aryl methyl sites for hydroxylation is 2. The van der Waals surface area contributed by atoms with Gasteiger partial charge in [0.05, 0.1) is 26.5 Å². The molecule has 0 unspecified atom stereocenters. The van der Waals surface area contributed by atoms with Gasteiger partial charge in [-0.25, -0.2) is 22.5 Å². The van der Waals surface area contributed by atoms with E-state index in [9.17, 15) is 13.2 Å². The smallest absolute Gasteiger partial charge is 0.266 e. The monoisotopic (exact) mass is 433 g/mol. The molecule has 0 fully saturated rings. The quantitative estimate of drug-likeness (QED) is 0.564. The molecule has 10 nitrogen and oxygen atoms in total. The van der Waals surface area contributed by atoms with Crippen molar-refractivity contribution in [3.63, 3.8) is 0 Å². The van der Waals surface area contributed by atoms with E-state index >= 15 is 0 Å². The van der Waals surface area contributed by atoms with Crippen LogP contribution < -0.4 is 19.8 Å². The molecule has 1 aromatic carbocycles. The van der Waals surface area contributed by atoms with E-state index in [1.807, 2.05) is 19.9 Å². The van der Waals surface area contributed by atoms with Gasteiger partial charge in [0.25, 0.3) is 5.56 Å². The molecule has 30 heavy (non-hydrogen) atoms. The Bertz CT molecular complexity index is 1220. The van der Waals surface area contributed by atoms with Crippen LogP contribution in [0.15, 0.2) is 46.1 Å². The van der Waals surface area contributed by atoms with Gasteiger partial charge in [-0.2, -0.15) is 5.10 Å². The number of ether oxygens (including phenoxy) is 2. The standard InChI is InChI=1S/C19H23N5O5S/c1-13-11-14(2)24(21-13)18-7-8-19(25)23(22-18)10-9-20-30(26,27)17-12-15(28-3)5-6-16(17)29-4/h5-8,11-12,20H,9-10H2,1-4H3. The topological polar surface area (TPSA) is 117 Å². The van der Waals surface area contributed by atoms with Crippen molar-refractivity contribution in [2.75, 3.05) is 20.8 Å². The molecule has 0 aliphatic rings. The van der Waals surface area contributed by atoms with Gasteiger partial charge in [-0.1, -0.05) is 0 Å². The lowest BCUT2D eigenvalue weighted by atomic mass is 10.3. The molecule has 2 aromatic heterocycles. The largest absolute Gasteiger partial charge is 0.497 e. The normalized spacial score (nSPS) is 11.5. The highest BCUT2D eigenvalue weighted by molar-refractivity contribution is 7.89. The first-order chi connectivity index (χ1) is 14.2. The first kappa shape index (κ1) is 21.5. The molecule has 3 rings (SSSR count). The fraction of sp³-hybridized carbons (Fsp3) is 0.316. The van der Waals surface area contributed by atoms with E-state index in [0.717, 1.165) is 11.4 Å². The zero-order valence-corrected chi connectivity index (χ0v) is 17.9. The van der Waals surface area contributed by atoms with Gasteiger partial charge in [0.15, 0.2) is 5.82 Å². The predicted molar refractivity (Wildman–Crippen MR) is 110 cm³/mol. The van der Waals surface area contributed by atoms with Gasteiger partial charge in [0.1, 0.15) is 16.4 Å². The summed E-state index contributed by atoms with van der Waals surface area (Å²) in [6, 6.07) is 9.33. The van der Waals surface area contributed by atoms with E-state index in [2.05, 4.69) is 14.9 Å². The van der Waals surface area contributed by atoms with Crippen LogP contribution in [0, 0.1) is 13.8 Å². The highest BCUT2D eigenvalue weighted by Gasteiger charge is 2.20. The van der Waals surface area contributed by atoms with E-state index in [-0.39, 0.29) is 29.3 Å². The predicted octanol–water partition coefficient (Wildman–Crippen LogP) is 1.04. The molecule has 0 spiro atoms. The number of benzene rings is 1. The fourth-order valence-corrected chi connectivity index (χ4v) is 4.13. The molecule has 0 amide bonds. The Balaban J connectivity index is 1.79. The average molecular weight is 433 g/mol. The molecule has 2 heterocycles. The molecule has 0 atom stereocenters. The summed E-state index contributed by atoms with van der Waals surface area (Å²) < 4.78 is 41.0. The van der Waals surface area contributed by atoms with Gasteiger partial charge < -0.3 is 9.47 Å². The Morgan fingerprint density at radius 1 is 1.03 bits per heavy atom. The van der Waals surface area contributed by atoms with Crippen LogP contribution in [-0.4, -0.2) is 48.7 Å². The second-order valence-electron chi connectivity index (χ2n) is 6.51. The summed E-state index contributed by atoms with van der Waals surface area (Å²) in [5, 5.41) is 8.64. The van der Waals surface area contributed by atoms with Gasteiger partial charge in [-0.15, -0.1) is 5.10 Å². The number of nitrogens with one attached hydrogen (secondary N) is 1. The first-order valence-electron chi connectivity index (χ1n) is 9.08. The molecule has 0 aliphatic carbocycles. The SMILES string of the molecule is COc1ccc(OC)c(S(=O)(=O)NCCn2nc(-n3nc(C)cc3C)ccc2=O)c1. The van der Waals surface area contributed by atoms with Gasteiger partial charge >= 0.3 is 0 Å². The summed E-state index contributed by atoms with van der Waals surface area (Å²) in [4.78, 5) is 12.1. The van der Waals surface area contributed by atoms with E-state index in [0.29, 0.717) is 11.6 Å². The molecule has 1 N–H and O–H groups in total. The molecule has 0 bridgehead atoms. The lowest BCUT2D eigenvalue weighted by molar-refractivity contribution is 0.392. The molecule has 3 aromatic rings. The number of rotatable bonds is 8. The summed E-state index contributed by atoms with van der Waals surface area (Å²) in [6.07, 6.45) is 0. The van der Waals surface area contributed by atoms with Crippen molar-refractivity contribution in [2.24, 2.45) is 0 Å². The number of aromatic nitrogens is 4. The van der Waals surface area contributed by atoms with Crippen LogP contribution in [0.25, 0.3) is 5.82 Å². The minimum atomic E-state index is -3.90. The van der Waals surface area contributed by atoms with Crippen LogP contribution in [-0.2, 0) is 16.6 Å². The van der Waals surface area contributed by atoms with Crippen LogP contribution in [0.1, 0.15) is 11.4 Å². The molecular formula is C19H23N5O5S. The summed E-state index contributed by atoms with van der Waals surface area (Å²) in [5.41, 5.74) is 1.35. The number of hydrogen-bond acceptors (Lipinski definition) is 7. The summed E-state index contributed by atoms with van der Waals surface area (Å²) in [5.74, 6) is 1.04. The minimum Gasteiger partial charge on any atom is -0.497 e. The Kier molecular flexibility index (Phi) is 6.22. The zero-order valence-electron chi connectivity index (χ0n) is 17.1. The Hall–Kier alpha value is -3.18. The number of nitrogens with zero attached hydrogens (tertiary/aromatic N) is 4. The van der Waals surface area contributed by atoms with Crippen LogP contribution in [0.2, 0.25) is 0 Å². The third kappa shape index (κ3) is 4.52. The lowest BCUT2D eigenvalue weighted by Crippen LogP contribution is -2.32. The van der Waals surface area contributed by atoms with Crippen LogP contribution in [0.3, 0.4) is 0 Å². The Labute approximate surface area is 174 Å². The van der Waals surface area contributed by atoms with Crippen LogP contribution in [0.4, 0.5) is 0 Å². The third-order valence-electron chi connectivity index (χ3n) is 4.36. The van der Waals surface area contributed by atoms with E-state index in [4.69, 9.17) is 9.47 Å². The first-order valence-corrected chi connectivity index (χ1v) is 10.6. The summed E-state index contributed by atoms with van der Waals surface area (Å²) >= 11 is 0. The van der Waals surface area contributed by atoms with Crippen molar-refractivity contribution in [1.29, 1.82) is 0 Å². The van der Waals surface area contributed by atoms with Gasteiger partial charge in [0, 0.05) is 24.4 Å². The van der Waals surface area contributed by atoms with E-state index in [1.165, 1.54) is 37.1 Å².